The van der Waals surface area contributed by atoms with Crippen molar-refractivity contribution in [3.8, 4) is 5.75 Å². The van der Waals surface area contributed by atoms with Gasteiger partial charge in [0.2, 0.25) is 0 Å². The molecule has 104 valence electrons. The van der Waals surface area contributed by atoms with Crippen molar-refractivity contribution in [1.29, 1.82) is 0 Å². The zero-order valence-corrected chi connectivity index (χ0v) is 12.9. The lowest BCUT2D eigenvalue weighted by molar-refractivity contribution is 0.0697. The molecule has 0 aromatic heterocycles. The number of hydrogen-bond donors (Lipinski definition) is 1. The standard InChI is InChI=1S/C16H15BrO3/c1-10-7-11(2)15(14(17)8-10)20-9-12-3-5-13(6-4-12)16(18)19/h3-8H,9H2,1-2H3,(H,18,19). The highest BCUT2D eigenvalue weighted by molar-refractivity contribution is 9.10. The van der Waals surface area contributed by atoms with E-state index in [2.05, 4.69) is 22.0 Å². The first-order valence-electron chi connectivity index (χ1n) is 6.19. The molecule has 0 amide bonds. The molecule has 0 spiro atoms. The quantitative estimate of drug-likeness (QED) is 0.904. The Hall–Kier alpha value is -1.81. The molecule has 0 radical (unpaired) electrons. The van der Waals surface area contributed by atoms with Crippen LogP contribution in [0.4, 0.5) is 0 Å². The van der Waals surface area contributed by atoms with Crippen LogP contribution in [0.1, 0.15) is 27.0 Å². The third-order valence-corrected chi connectivity index (χ3v) is 3.55. The van der Waals surface area contributed by atoms with Gasteiger partial charge in [0.25, 0.3) is 0 Å². The van der Waals surface area contributed by atoms with Crippen LogP contribution in [0.5, 0.6) is 5.75 Å². The Bertz CT molecular complexity index is 610. The van der Waals surface area contributed by atoms with Crippen molar-refractivity contribution in [3.05, 3.63) is 63.1 Å². The van der Waals surface area contributed by atoms with Crippen LogP contribution >= 0.6 is 15.9 Å². The summed E-state index contributed by atoms with van der Waals surface area (Å²) in [5, 5.41) is 8.84. The molecule has 0 saturated carbocycles. The van der Waals surface area contributed by atoms with Crippen molar-refractivity contribution in [2.45, 2.75) is 20.5 Å². The molecule has 0 aliphatic heterocycles. The normalized spacial score (nSPS) is 10.3. The van der Waals surface area contributed by atoms with Crippen molar-refractivity contribution in [1.82, 2.24) is 0 Å². The van der Waals surface area contributed by atoms with Crippen LogP contribution in [0.25, 0.3) is 0 Å². The first-order valence-corrected chi connectivity index (χ1v) is 6.98. The number of benzene rings is 2. The van der Waals surface area contributed by atoms with Gasteiger partial charge in [-0.15, -0.1) is 0 Å². The molecule has 2 aromatic rings. The average Bonchev–Trinajstić information content (AvgIpc) is 2.38. The maximum Gasteiger partial charge on any atom is 0.335 e. The van der Waals surface area contributed by atoms with Crippen LogP contribution in [0.3, 0.4) is 0 Å². The molecule has 20 heavy (non-hydrogen) atoms. The van der Waals surface area contributed by atoms with Gasteiger partial charge in [0.05, 0.1) is 10.0 Å². The summed E-state index contributed by atoms with van der Waals surface area (Å²) in [6.45, 7) is 4.44. The zero-order chi connectivity index (χ0) is 14.7. The monoisotopic (exact) mass is 334 g/mol. The predicted octanol–water partition coefficient (Wildman–Crippen LogP) is 4.34. The average molecular weight is 335 g/mol. The molecule has 0 unspecified atom stereocenters. The van der Waals surface area contributed by atoms with Crippen LogP contribution < -0.4 is 4.74 Å². The Kier molecular flexibility index (Phi) is 4.45. The molecule has 3 nitrogen and oxygen atoms in total. The molecule has 4 heteroatoms. The molecule has 2 rings (SSSR count). The van der Waals surface area contributed by atoms with Gasteiger partial charge in [-0.1, -0.05) is 18.2 Å². The second kappa shape index (κ2) is 6.09. The smallest absolute Gasteiger partial charge is 0.335 e. The van der Waals surface area contributed by atoms with Gasteiger partial charge in [0.15, 0.2) is 0 Å². The van der Waals surface area contributed by atoms with E-state index in [1.807, 2.05) is 19.9 Å². The van der Waals surface area contributed by atoms with E-state index in [0.717, 1.165) is 21.3 Å². The summed E-state index contributed by atoms with van der Waals surface area (Å²) in [4.78, 5) is 10.8. The van der Waals surface area contributed by atoms with Gasteiger partial charge in [0.1, 0.15) is 12.4 Å². The van der Waals surface area contributed by atoms with Crippen molar-refractivity contribution in [2.24, 2.45) is 0 Å². The highest BCUT2D eigenvalue weighted by atomic mass is 79.9. The number of carbonyl (C=O) groups is 1. The maximum atomic E-state index is 10.8. The Morgan fingerprint density at radius 2 is 1.85 bits per heavy atom. The molecule has 0 fully saturated rings. The number of ether oxygens (including phenoxy) is 1. The summed E-state index contributed by atoms with van der Waals surface area (Å²) >= 11 is 3.50. The first-order chi connectivity index (χ1) is 9.47. The molecule has 0 aliphatic rings. The number of halogens is 1. The third kappa shape index (κ3) is 3.39. The summed E-state index contributed by atoms with van der Waals surface area (Å²) in [6.07, 6.45) is 0. The van der Waals surface area contributed by atoms with Gasteiger partial charge in [0, 0.05) is 0 Å². The van der Waals surface area contributed by atoms with Gasteiger partial charge in [-0.2, -0.15) is 0 Å². The summed E-state index contributed by atoms with van der Waals surface area (Å²) in [5.74, 6) is -0.104. The molecule has 2 aromatic carbocycles. The zero-order valence-electron chi connectivity index (χ0n) is 11.3. The number of aryl methyl sites for hydroxylation is 2. The second-order valence-corrected chi connectivity index (χ2v) is 5.54. The van der Waals surface area contributed by atoms with Crippen LogP contribution in [-0.4, -0.2) is 11.1 Å². The van der Waals surface area contributed by atoms with Crippen LogP contribution in [0, 0.1) is 13.8 Å². The fourth-order valence-electron chi connectivity index (χ4n) is 1.98. The van der Waals surface area contributed by atoms with Crippen LogP contribution in [-0.2, 0) is 6.61 Å². The minimum absolute atomic E-state index is 0.279. The molecule has 0 bridgehead atoms. The van der Waals surface area contributed by atoms with E-state index in [9.17, 15) is 4.79 Å². The topological polar surface area (TPSA) is 46.5 Å². The summed E-state index contributed by atoms with van der Waals surface area (Å²) < 4.78 is 6.74. The van der Waals surface area contributed by atoms with Gasteiger partial charge in [-0.05, 0) is 64.7 Å². The van der Waals surface area contributed by atoms with E-state index in [0.29, 0.717) is 6.61 Å². The largest absolute Gasteiger partial charge is 0.487 e. The highest BCUT2D eigenvalue weighted by Crippen LogP contribution is 2.30. The van der Waals surface area contributed by atoms with E-state index >= 15 is 0 Å². The second-order valence-electron chi connectivity index (χ2n) is 4.68. The molecular formula is C16H15BrO3. The van der Waals surface area contributed by atoms with E-state index in [4.69, 9.17) is 9.84 Å². The third-order valence-electron chi connectivity index (χ3n) is 2.96. The number of hydrogen-bond acceptors (Lipinski definition) is 2. The first kappa shape index (κ1) is 14.6. The fourth-order valence-corrected chi connectivity index (χ4v) is 2.77. The SMILES string of the molecule is Cc1cc(C)c(OCc2ccc(C(=O)O)cc2)c(Br)c1. The molecule has 1 N–H and O–H groups in total. The molecule has 0 saturated heterocycles. The summed E-state index contributed by atoms with van der Waals surface area (Å²) in [7, 11) is 0. The number of carboxylic acids is 1. The predicted molar refractivity (Wildman–Crippen MR) is 81.3 cm³/mol. The Labute approximate surface area is 126 Å². The van der Waals surface area contributed by atoms with Crippen molar-refractivity contribution >= 4 is 21.9 Å². The van der Waals surface area contributed by atoms with Crippen LogP contribution in [0.15, 0.2) is 40.9 Å². The van der Waals surface area contributed by atoms with E-state index < -0.39 is 5.97 Å². The summed E-state index contributed by atoms with van der Waals surface area (Å²) in [5.41, 5.74) is 3.45. The van der Waals surface area contributed by atoms with Crippen LogP contribution in [0.2, 0.25) is 0 Å². The van der Waals surface area contributed by atoms with Crippen molar-refractivity contribution in [2.75, 3.05) is 0 Å². The fraction of sp³-hybridized carbons (Fsp3) is 0.188. The van der Waals surface area contributed by atoms with Crippen molar-refractivity contribution < 1.29 is 14.6 Å². The minimum atomic E-state index is -0.922. The van der Waals surface area contributed by atoms with Gasteiger partial charge in [-0.25, -0.2) is 4.79 Å². The van der Waals surface area contributed by atoms with Gasteiger partial charge >= 0.3 is 5.97 Å². The van der Waals surface area contributed by atoms with Crippen molar-refractivity contribution in [3.63, 3.8) is 0 Å². The Morgan fingerprint density at radius 3 is 2.40 bits per heavy atom. The Balaban J connectivity index is 2.11. The molecule has 0 aliphatic carbocycles. The highest BCUT2D eigenvalue weighted by Gasteiger charge is 2.07. The van der Waals surface area contributed by atoms with Gasteiger partial charge < -0.3 is 9.84 Å². The molecule has 0 atom stereocenters. The number of carboxylic acid groups (broad SMARTS) is 1. The molecule has 0 heterocycles. The molecular weight excluding hydrogens is 320 g/mol. The number of aromatic carboxylic acids is 1. The maximum absolute atomic E-state index is 10.8. The lowest BCUT2D eigenvalue weighted by atomic mass is 10.1. The lowest BCUT2D eigenvalue weighted by Gasteiger charge is -2.12. The van der Waals surface area contributed by atoms with E-state index in [-0.39, 0.29) is 5.56 Å². The number of rotatable bonds is 4. The minimum Gasteiger partial charge on any atom is -0.487 e. The Morgan fingerprint density at radius 1 is 1.20 bits per heavy atom. The van der Waals surface area contributed by atoms with Gasteiger partial charge in [-0.3, -0.25) is 0 Å². The van der Waals surface area contributed by atoms with E-state index in [1.54, 1.807) is 24.3 Å². The van der Waals surface area contributed by atoms with E-state index in [1.165, 1.54) is 5.56 Å². The lowest BCUT2D eigenvalue weighted by Crippen LogP contribution is -2.00. The summed E-state index contributed by atoms with van der Waals surface area (Å²) in [6, 6.07) is 10.8.